The molecule has 2 aromatic heterocycles. The summed E-state index contributed by atoms with van der Waals surface area (Å²) in [6, 6.07) is 0. The van der Waals surface area contributed by atoms with Crippen molar-refractivity contribution < 1.29 is 9.53 Å². The number of esters is 1. The Hall–Kier alpha value is -2.38. The third kappa shape index (κ3) is 3.10. The number of carbonyl (C=O) groups excluding carboxylic acids is 1. The molecule has 22 heavy (non-hydrogen) atoms. The molecule has 0 aromatic carbocycles. The summed E-state index contributed by atoms with van der Waals surface area (Å²) in [6.07, 6.45) is 2.32. The minimum absolute atomic E-state index is 0.178. The summed E-state index contributed by atoms with van der Waals surface area (Å²) in [5.41, 5.74) is -0.307. The molecule has 0 radical (unpaired) electrons. The lowest BCUT2D eigenvalue weighted by atomic mass is 10.3. The summed E-state index contributed by atoms with van der Waals surface area (Å²) in [6.45, 7) is 2.44. The molecule has 0 amide bonds. The molecule has 2 aromatic rings. The van der Waals surface area contributed by atoms with Crippen LogP contribution in [0, 0.1) is 0 Å². The first-order valence-corrected chi connectivity index (χ1v) is 7.26. The van der Waals surface area contributed by atoms with Crippen molar-refractivity contribution in [3.63, 3.8) is 0 Å². The summed E-state index contributed by atoms with van der Waals surface area (Å²) in [4.78, 5) is 42.5. The maximum Gasteiger partial charge on any atom is 0.332 e. The third-order valence-electron chi connectivity index (χ3n) is 3.47. The summed E-state index contributed by atoms with van der Waals surface area (Å²) in [7, 11) is 2.96. The molecule has 0 atom stereocenters. The highest BCUT2D eigenvalue weighted by Crippen LogP contribution is 2.06. The molecule has 120 valence electrons. The Kier molecular flexibility index (Phi) is 4.79. The molecule has 2 heterocycles. The second kappa shape index (κ2) is 6.59. The van der Waals surface area contributed by atoms with Crippen LogP contribution >= 0.6 is 0 Å². The van der Waals surface area contributed by atoms with Gasteiger partial charge in [0.05, 0.1) is 13.0 Å². The lowest BCUT2D eigenvalue weighted by Crippen LogP contribution is -2.36. The highest BCUT2D eigenvalue weighted by molar-refractivity contribution is 5.71. The van der Waals surface area contributed by atoms with E-state index in [9.17, 15) is 14.4 Å². The molecule has 0 spiro atoms. The van der Waals surface area contributed by atoms with Gasteiger partial charge in [0.15, 0.2) is 5.65 Å². The van der Waals surface area contributed by atoms with Gasteiger partial charge in [-0.15, -0.1) is 0 Å². The van der Waals surface area contributed by atoms with Gasteiger partial charge in [0.1, 0.15) is 11.3 Å². The average Bonchev–Trinajstić information content (AvgIpc) is 2.93. The molecule has 2 rings (SSSR count). The maximum absolute atomic E-state index is 12.0. The van der Waals surface area contributed by atoms with E-state index in [4.69, 9.17) is 4.74 Å². The molecule has 0 saturated carbocycles. The molecule has 0 aliphatic heterocycles. The van der Waals surface area contributed by atoms with Gasteiger partial charge in [0, 0.05) is 20.5 Å². The van der Waals surface area contributed by atoms with Crippen molar-refractivity contribution in [2.24, 2.45) is 14.1 Å². The number of aromatic nitrogens is 4. The van der Waals surface area contributed by atoms with Crippen molar-refractivity contribution in [1.29, 1.82) is 0 Å². The van der Waals surface area contributed by atoms with Crippen LogP contribution in [0.25, 0.3) is 11.2 Å². The zero-order chi connectivity index (χ0) is 16.3. The Morgan fingerprint density at radius 2 is 2.00 bits per heavy atom. The van der Waals surface area contributed by atoms with Gasteiger partial charge < -0.3 is 9.72 Å². The van der Waals surface area contributed by atoms with Gasteiger partial charge in [0.2, 0.25) is 0 Å². The van der Waals surface area contributed by atoms with E-state index in [-0.39, 0.29) is 17.9 Å². The lowest BCUT2D eigenvalue weighted by Gasteiger charge is -2.02. The summed E-state index contributed by atoms with van der Waals surface area (Å²) >= 11 is 0. The van der Waals surface area contributed by atoms with Crippen LogP contribution in [-0.2, 0) is 30.0 Å². The maximum atomic E-state index is 12.0. The molecule has 1 N–H and O–H groups in total. The van der Waals surface area contributed by atoms with Crippen LogP contribution in [0.1, 0.15) is 32.0 Å². The molecule has 8 heteroatoms. The number of imidazole rings is 1. The Morgan fingerprint density at radius 1 is 1.27 bits per heavy atom. The Morgan fingerprint density at radius 3 is 2.68 bits per heavy atom. The number of hydrogen-bond donors (Lipinski definition) is 1. The van der Waals surface area contributed by atoms with E-state index in [0.29, 0.717) is 24.5 Å². The predicted octanol–water partition coefficient (Wildman–Crippen LogP) is 0.236. The number of aromatic amines is 1. The largest absolute Gasteiger partial charge is 0.466 e. The van der Waals surface area contributed by atoms with Gasteiger partial charge in [-0.1, -0.05) is 13.3 Å². The van der Waals surface area contributed by atoms with E-state index < -0.39 is 11.2 Å². The molecule has 0 bridgehead atoms. The zero-order valence-corrected chi connectivity index (χ0v) is 13.0. The van der Waals surface area contributed by atoms with E-state index in [0.717, 1.165) is 17.4 Å². The van der Waals surface area contributed by atoms with E-state index in [1.165, 1.54) is 11.6 Å². The van der Waals surface area contributed by atoms with Crippen molar-refractivity contribution in [3.05, 3.63) is 26.7 Å². The monoisotopic (exact) mass is 308 g/mol. The van der Waals surface area contributed by atoms with Gasteiger partial charge in [-0.3, -0.25) is 18.7 Å². The second-order valence-electron chi connectivity index (χ2n) is 5.16. The molecule has 0 unspecified atom stereocenters. The number of hydrogen-bond acceptors (Lipinski definition) is 5. The van der Waals surface area contributed by atoms with Gasteiger partial charge in [-0.25, -0.2) is 9.78 Å². The normalized spacial score (nSPS) is 11.0. The summed E-state index contributed by atoms with van der Waals surface area (Å²) in [5, 5.41) is 0. The van der Waals surface area contributed by atoms with Crippen molar-refractivity contribution >= 4 is 17.1 Å². The Balaban J connectivity index is 2.16. The molecular weight excluding hydrogens is 288 g/mol. The quantitative estimate of drug-likeness (QED) is 0.608. The fourth-order valence-corrected chi connectivity index (χ4v) is 2.12. The number of nitrogens with one attached hydrogen (secondary N) is 1. The van der Waals surface area contributed by atoms with E-state index >= 15 is 0 Å². The predicted molar refractivity (Wildman–Crippen MR) is 80.8 cm³/mol. The van der Waals surface area contributed by atoms with Crippen LogP contribution in [0.5, 0.6) is 0 Å². The van der Waals surface area contributed by atoms with E-state index in [1.54, 1.807) is 7.05 Å². The van der Waals surface area contributed by atoms with Gasteiger partial charge >= 0.3 is 11.7 Å². The number of ether oxygens (including phenoxy) is 1. The molecule has 0 saturated heterocycles. The molecule has 0 fully saturated rings. The minimum Gasteiger partial charge on any atom is -0.466 e. The van der Waals surface area contributed by atoms with Gasteiger partial charge in [-0.2, -0.15) is 0 Å². The molecular formula is C14H20N4O4. The van der Waals surface area contributed by atoms with E-state index in [2.05, 4.69) is 9.97 Å². The molecule has 0 aliphatic carbocycles. The van der Waals surface area contributed by atoms with Crippen LogP contribution in [0.2, 0.25) is 0 Å². The molecule has 0 aliphatic rings. The number of nitrogens with zero attached hydrogens (tertiary/aromatic N) is 3. The van der Waals surface area contributed by atoms with E-state index in [1.807, 2.05) is 6.92 Å². The number of rotatable bonds is 6. The zero-order valence-electron chi connectivity index (χ0n) is 13.0. The molecule has 8 nitrogen and oxygen atoms in total. The first-order valence-electron chi connectivity index (χ1n) is 7.26. The van der Waals surface area contributed by atoms with Crippen LogP contribution in [0.3, 0.4) is 0 Å². The van der Waals surface area contributed by atoms with Crippen molar-refractivity contribution in [3.8, 4) is 0 Å². The highest BCUT2D eigenvalue weighted by atomic mass is 16.5. The summed E-state index contributed by atoms with van der Waals surface area (Å²) in [5.74, 6) is 0.191. The van der Waals surface area contributed by atoms with Gasteiger partial charge in [-0.05, 0) is 6.42 Å². The van der Waals surface area contributed by atoms with Crippen LogP contribution in [0.4, 0.5) is 0 Å². The van der Waals surface area contributed by atoms with Crippen molar-refractivity contribution in [2.45, 2.75) is 32.6 Å². The highest BCUT2D eigenvalue weighted by Gasteiger charge is 2.14. The summed E-state index contributed by atoms with van der Waals surface area (Å²) < 4.78 is 7.38. The van der Waals surface area contributed by atoms with Gasteiger partial charge in [0.25, 0.3) is 5.56 Å². The Labute approximate surface area is 126 Å². The third-order valence-corrected chi connectivity index (χ3v) is 3.47. The number of carbonyl (C=O) groups is 1. The topological polar surface area (TPSA) is 99.0 Å². The number of fused-ring (bicyclic) bond motifs is 1. The first-order chi connectivity index (χ1) is 10.5. The van der Waals surface area contributed by atoms with Crippen molar-refractivity contribution in [1.82, 2.24) is 19.1 Å². The number of unbranched alkanes of at least 4 members (excludes halogenated alkanes) is 1. The first kappa shape index (κ1) is 16.0. The fourth-order valence-electron chi connectivity index (χ4n) is 2.12. The smallest absolute Gasteiger partial charge is 0.332 e. The minimum atomic E-state index is -0.436. The average molecular weight is 308 g/mol. The SMILES string of the molecule is CCCCOC(=O)CCc1nc2c([nH]1)c(=O)n(C)c(=O)n2C. The lowest BCUT2D eigenvalue weighted by molar-refractivity contribution is -0.143. The number of H-pyrrole nitrogens is 1. The number of aryl methyl sites for hydroxylation is 2. The van der Waals surface area contributed by atoms with Crippen LogP contribution < -0.4 is 11.2 Å². The van der Waals surface area contributed by atoms with Crippen LogP contribution in [0.15, 0.2) is 9.59 Å². The van der Waals surface area contributed by atoms with Crippen LogP contribution in [-0.4, -0.2) is 31.7 Å². The second-order valence-corrected chi connectivity index (χ2v) is 5.16. The standard InChI is InChI=1S/C14H20N4O4/c1-4-5-8-22-10(19)7-6-9-15-11-12(16-9)17(2)14(21)18(3)13(11)20/h4-8H2,1-3H3,(H,15,16). The Bertz CT molecular complexity index is 800. The van der Waals surface area contributed by atoms with Crippen molar-refractivity contribution in [2.75, 3.05) is 6.61 Å². The fraction of sp³-hybridized carbons (Fsp3) is 0.571.